The molecule has 0 unspecified atom stereocenters. The van der Waals surface area contributed by atoms with E-state index in [9.17, 15) is 4.79 Å². The highest BCUT2D eigenvalue weighted by molar-refractivity contribution is 7.16. The monoisotopic (exact) mass is 331 g/mol. The lowest BCUT2D eigenvalue weighted by Crippen LogP contribution is -2.52. The molecule has 1 atom stereocenters. The first-order valence-corrected chi connectivity index (χ1v) is 8.41. The molecular formula is C16H17N3O3S. The molecule has 23 heavy (non-hydrogen) atoms. The molecule has 120 valence electrons. The summed E-state index contributed by atoms with van der Waals surface area (Å²) in [6.45, 7) is 4.71. The van der Waals surface area contributed by atoms with E-state index in [1.54, 1.807) is 6.20 Å². The molecule has 1 fully saturated rings. The summed E-state index contributed by atoms with van der Waals surface area (Å²) in [5.74, 6) is 1.53. The third kappa shape index (κ3) is 2.66. The Morgan fingerprint density at radius 2 is 2.26 bits per heavy atom. The van der Waals surface area contributed by atoms with E-state index in [4.69, 9.17) is 9.47 Å². The van der Waals surface area contributed by atoms with Gasteiger partial charge in [-0.25, -0.2) is 4.98 Å². The Hall–Kier alpha value is -2.12. The van der Waals surface area contributed by atoms with E-state index in [0.29, 0.717) is 4.88 Å². The lowest BCUT2D eigenvalue weighted by atomic mass is 10.2. The molecule has 0 aliphatic carbocycles. The second-order valence-corrected chi connectivity index (χ2v) is 6.68. The molecule has 1 aromatic heterocycles. The second-order valence-electron chi connectivity index (χ2n) is 5.65. The van der Waals surface area contributed by atoms with Gasteiger partial charge in [-0.05, 0) is 25.1 Å². The van der Waals surface area contributed by atoms with Crippen molar-refractivity contribution in [3.05, 3.63) is 29.3 Å². The Bertz CT molecular complexity index is 746. The molecule has 1 amide bonds. The van der Waals surface area contributed by atoms with Gasteiger partial charge in [0, 0.05) is 31.2 Å². The fraction of sp³-hybridized carbons (Fsp3) is 0.375. The van der Waals surface area contributed by atoms with Crippen LogP contribution in [0, 0.1) is 0 Å². The zero-order valence-electron chi connectivity index (χ0n) is 12.7. The van der Waals surface area contributed by atoms with Crippen LogP contribution in [0.4, 0.5) is 0 Å². The minimum atomic E-state index is 0.0588. The van der Waals surface area contributed by atoms with Gasteiger partial charge in [0.05, 0.1) is 6.20 Å². The van der Waals surface area contributed by atoms with Gasteiger partial charge >= 0.3 is 0 Å². The van der Waals surface area contributed by atoms with Crippen molar-refractivity contribution in [1.82, 2.24) is 15.2 Å². The average molecular weight is 331 g/mol. The number of amides is 1. The summed E-state index contributed by atoms with van der Waals surface area (Å²) in [6, 6.07) is 5.92. The Balaban J connectivity index is 1.58. The van der Waals surface area contributed by atoms with Crippen molar-refractivity contribution in [3.8, 4) is 22.1 Å². The Kier molecular flexibility index (Phi) is 3.66. The van der Waals surface area contributed by atoms with E-state index in [1.807, 2.05) is 23.1 Å². The molecule has 2 aliphatic heterocycles. The Morgan fingerprint density at radius 1 is 1.39 bits per heavy atom. The number of piperazine rings is 1. The Labute approximate surface area is 138 Å². The molecule has 0 bridgehead atoms. The average Bonchev–Trinajstić information content (AvgIpc) is 3.23. The summed E-state index contributed by atoms with van der Waals surface area (Å²) in [5.41, 5.74) is 0.937. The molecule has 0 saturated carbocycles. The highest BCUT2D eigenvalue weighted by Crippen LogP contribution is 2.37. The second kappa shape index (κ2) is 5.82. The van der Waals surface area contributed by atoms with Crippen LogP contribution in [-0.2, 0) is 0 Å². The molecule has 0 spiro atoms. The van der Waals surface area contributed by atoms with Gasteiger partial charge in [0.1, 0.15) is 9.88 Å². The maximum Gasteiger partial charge on any atom is 0.265 e. The topological polar surface area (TPSA) is 63.7 Å². The van der Waals surface area contributed by atoms with Crippen molar-refractivity contribution in [2.24, 2.45) is 0 Å². The number of hydrogen-bond donors (Lipinski definition) is 1. The molecule has 3 heterocycles. The van der Waals surface area contributed by atoms with Crippen molar-refractivity contribution in [3.63, 3.8) is 0 Å². The smallest absolute Gasteiger partial charge is 0.265 e. The van der Waals surface area contributed by atoms with Crippen LogP contribution in [0.25, 0.3) is 10.6 Å². The summed E-state index contributed by atoms with van der Waals surface area (Å²) < 4.78 is 10.7. The summed E-state index contributed by atoms with van der Waals surface area (Å²) in [4.78, 5) is 19.7. The molecule has 0 radical (unpaired) electrons. The minimum Gasteiger partial charge on any atom is -0.454 e. The molecule has 2 aliphatic rings. The molecular weight excluding hydrogens is 314 g/mol. The quantitative estimate of drug-likeness (QED) is 0.911. The van der Waals surface area contributed by atoms with E-state index in [0.717, 1.165) is 41.7 Å². The first kappa shape index (κ1) is 14.5. The van der Waals surface area contributed by atoms with Crippen LogP contribution in [0.3, 0.4) is 0 Å². The number of fused-ring (bicyclic) bond motifs is 1. The molecule has 4 rings (SSSR count). The summed E-state index contributed by atoms with van der Waals surface area (Å²) >= 11 is 1.42. The number of benzene rings is 1. The summed E-state index contributed by atoms with van der Waals surface area (Å²) in [7, 11) is 0. The van der Waals surface area contributed by atoms with Crippen molar-refractivity contribution >= 4 is 17.2 Å². The normalized spacial score (nSPS) is 19.9. The van der Waals surface area contributed by atoms with E-state index >= 15 is 0 Å². The summed E-state index contributed by atoms with van der Waals surface area (Å²) in [5, 5.41) is 4.11. The van der Waals surface area contributed by atoms with Crippen LogP contribution in [0.2, 0.25) is 0 Å². The Morgan fingerprint density at radius 3 is 3.13 bits per heavy atom. The maximum atomic E-state index is 12.7. The predicted molar refractivity (Wildman–Crippen MR) is 87.0 cm³/mol. The van der Waals surface area contributed by atoms with Crippen LogP contribution >= 0.6 is 11.3 Å². The summed E-state index contributed by atoms with van der Waals surface area (Å²) in [6.07, 6.45) is 1.67. The van der Waals surface area contributed by atoms with E-state index < -0.39 is 0 Å². The number of hydrogen-bond acceptors (Lipinski definition) is 6. The van der Waals surface area contributed by atoms with Gasteiger partial charge in [-0.1, -0.05) is 0 Å². The largest absolute Gasteiger partial charge is 0.454 e. The van der Waals surface area contributed by atoms with Gasteiger partial charge in [0.25, 0.3) is 5.91 Å². The molecule has 1 aromatic carbocycles. The van der Waals surface area contributed by atoms with Crippen LogP contribution in [0.15, 0.2) is 24.4 Å². The van der Waals surface area contributed by atoms with Gasteiger partial charge in [0.15, 0.2) is 11.5 Å². The van der Waals surface area contributed by atoms with Gasteiger partial charge in [-0.3, -0.25) is 4.79 Å². The van der Waals surface area contributed by atoms with Gasteiger partial charge in [0.2, 0.25) is 6.79 Å². The minimum absolute atomic E-state index is 0.0588. The maximum absolute atomic E-state index is 12.7. The number of aromatic nitrogens is 1. The van der Waals surface area contributed by atoms with E-state index in [1.165, 1.54) is 11.3 Å². The number of thiazole rings is 1. The molecule has 7 heteroatoms. The number of rotatable bonds is 2. The molecule has 2 aromatic rings. The molecule has 1 N–H and O–H groups in total. The van der Waals surface area contributed by atoms with Gasteiger partial charge in [-0.2, -0.15) is 0 Å². The van der Waals surface area contributed by atoms with E-state index in [2.05, 4.69) is 17.2 Å². The molecule has 6 nitrogen and oxygen atoms in total. The molecule has 1 saturated heterocycles. The lowest BCUT2D eigenvalue weighted by molar-refractivity contribution is 0.0660. The SMILES string of the molecule is C[C@@H]1CNCCN1C(=O)c1cnc(-c2ccc3c(c2)OCO3)s1. The third-order valence-electron chi connectivity index (χ3n) is 4.10. The van der Waals surface area contributed by atoms with Gasteiger partial charge < -0.3 is 19.7 Å². The van der Waals surface area contributed by atoms with Crippen LogP contribution in [-0.4, -0.2) is 48.3 Å². The fourth-order valence-corrected chi connectivity index (χ4v) is 3.69. The third-order valence-corrected chi connectivity index (χ3v) is 5.13. The fourth-order valence-electron chi connectivity index (χ4n) is 2.82. The number of nitrogens with one attached hydrogen (secondary N) is 1. The van der Waals surface area contributed by atoms with Gasteiger partial charge in [-0.15, -0.1) is 11.3 Å². The standard InChI is InChI=1S/C16H17N3O3S/c1-10-7-17-4-5-19(10)16(20)14-8-18-15(23-14)11-2-3-12-13(6-11)22-9-21-12/h2-3,6,8,10,17H,4-5,7,9H2,1H3/t10-/m1/s1. The highest BCUT2D eigenvalue weighted by atomic mass is 32.1. The van der Waals surface area contributed by atoms with Crippen molar-refractivity contribution in [2.45, 2.75) is 13.0 Å². The zero-order valence-corrected chi connectivity index (χ0v) is 13.6. The van der Waals surface area contributed by atoms with Crippen molar-refractivity contribution in [1.29, 1.82) is 0 Å². The highest BCUT2D eigenvalue weighted by Gasteiger charge is 2.26. The number of carbonyl (C=O) groups excluding carboxylic acids is 1. The van der Waals surface area contributed by atoms with Crippen molar-refractivity contribution < 1.29 is 14.3 Å². The first-order valence-electron chi connectivity index (χ1n) is 7.60. The lowest BCUT2D eigenvalue weighted by Gasteiger charge is -2.33. The number of ether oxygens (including phenoxy) is 2. The predicted octanol–water partition coefficient (Wildman–Crippen LogP) is 1.97. The van der Waals surface area contributed by atoms with Crippen LogP contribution < -0.4 is 14.8 Å². The van der Waals surface area contributed by atoms with Crippen LogP contribution in [0.1, 0.15) is 16.6 Å². The number of nitrogens with zero attached hydrogens (tertiary/aromatic N) is 2. The van der Waals surface area contributed by atoms with Crippen molar-refractivity contribution in [2.75, 3.05) is 26.4 Å². The zero-order chi connectivity index (χ0) is 15.8. The van der Waals surface area contributed by atoms with E-state index in [-0.39, 0.29) is 18.7 Å². The van der Waals surface area contributed by atoms with Crippen LogP contribution in [0.5, 0.6) is 11.5 Å². The first-order chi connectivity index (χ1) is 11.2. The number of carbonyl (C=O) groups is 1.